The molecule has 21 heavy (non-hydrogen) atoms. The van der Waals surface area contributed by atoms with Gasteiger partial charge in [-0.3, -0.25) is 0 Å². The van der Waals surface area contributed by atoms with E-state index in [1.54, 1.807) is 6.33 Å². The van der Waals surface area contributed by atoms with Crippen molar-refractivity contribution in [2.24, 2.45) is 0 Å². The molecule has 0 aliphatic carbocycles. The zero-order chi connectivity index (χ0) is 14.8. The predicted octanol–water partition coefficient (Wildman–Crippen LogP) is 4.15. The van der Waals surface area contributed by atoms with Gasteiger partial charge in [0.15, 0.2) is 0 Å². The smallest absolute Gasteiger partial charge is 0.137 e. The fourth-order valence-electron chi connectivity index (χ4n) is 2.23. The Bertz CT molecular complexity index is 771. The zero-order valence-electron chi connectivity index (χ0n) is 11.5. The Balaban J connectivity index is 1.92. The summed E-state index contributed by atoms with van der Waals surface area (Å²) >= 11 is 3.45. The van der Waals surface area contributed by atoms with Gasteiger partial charge in [-0.05, 0) is 42.8 Å². The summed E-state index contributed by atoms with van der Waals surface area (Å²) in [5.74, 6) is 0.815. The van der Waals surface area contributed by atoms with E-state index in [-0.39, 0.29) is 6.04 Å². The Labute approximate surface area is 131 Å². The monoisotopic (exact) mass is 342 g/mol. The Morgan fingerprint density at radius 3 is 2.62 bits per heavy atom. The number of nitrogens with one attached hydrogen (secondary N) is 1. The first kappa shape index (κ1) is 13.8. The maximum atomic E-state index is 5.80. The standard InChI is InChI=1S/C16H15BrN4/c1-10(11-2-4-12(17)5-3-11)21-16-14-7-6-13(18)8-15(14)19-9-20-16/h2-10H,18H2,1H3,(H,19,20,21). The summed E-state index contributed by atoms with van der Waals surface area (Å²) in [6.07, 6.45) is 1.55. The second-order valence-electron chi connectivity index (χ2n) is 4.92. The van der Waals surface area contributed by atoms with Crippen LogP contribution >= 0.6 is 15.9 Å². The molecule has 1 atom stereocenters. The van der Waals surface area contributed by atoms with Gasteiger partial charge in [0, 0.05) is 21.6 Å². The molecule has 5 heteroatoms. The molecule has 0 aliphatic rings. The van der Waals surface area contributed by atoms with Gasteiger partial charge in [-0.25, -0.2) is 9.97 Å². The lowest BCUT2D eigenvalue weighted by Gasteiger charge is -2.16. The average Bonchev–Trinajstić information content (AvgIpc) is 2.47. The van der Waals surface area contributed by atoms with Gasteiger partial charge < -0.3 is 11.1 Å². The largest absolute Gasteiger partial charge is 0.399 e. The molecule has 106 valence electrons. The lowest BCUT2D eigenvalue weighted by atomic mass is 10.1. The summed E-state index contributed by atoms with van der Waals surface area (Å²) in [4.78, 5) is 8.60. The van der Waals surface area contributed by atoms with Crippen molar-refractivity contribution in [3.63, 3.8) is 0 Å². The second-order valence-corrected chi connectivity index (χ2v) is 5.83. The SMILES string of the molecule is CC(Nc1ncnc2cc(N)ccc12)c1ccc(Br)cc1. The Hall–Kier alpha value is -2.14. The minimum Gasteiger partial charge on any atom is -0.399 e. The number of nitrogens with two attached hydrogens (primary N) is 1. The first-order valence-corrected chi connectivity index (χ1v) is 7.45. The molecule has 0 spiro atoms. The number of fused-ring (bicyclic) bond motifs is 1. The molecule has 0 amide bonds. The van der Waals surface area contributed by atoms with Crippen LogP contribution in [0.2, 0.25) is 0 Å². The maximum absolute atomic E-state index is 5.80. The van der Waals surface area contributed by atoms with Crippen LogP contribution in [0.1, 0.15) is 18.5 Å². The number of aromatic nitrogens is 2. The number of anilines is 2. The molecule has 1 aromatic heterocycles. The van der Waals surface area contributed by atoms with Crippen molar-refractivity contribution in [1.82, 2.24) is 9.97 Å². The summed E-state index contributed by atoms with van der Waals surface area (Å²) in [7, 11) is 0. The molecule has 1 heterocycles. The van der Waals surface area contributed by atoms with Gasteiger partial charge in [0.1, 0.15) is 12.1 Å². The van der Waals surface area contributed by atoms with E-state index in [4.69, 9.17) is 5.73 Å². The van der Waals surface area contributed by atoms with E-state index < -0.39 is 0 Å². The fourth-order valence-corrected chi connectivity index (χ4v) is 2.49. The third-order valence-electron chi connectivity index (χ3n) is 3.38. The van der Waals surface area contributed by atoms with Crippen molar-refractivity contribution in [3.05, 3.63) is 58.8 Å². The van der Waals surface area contributed by atoms with Crippen molar-refractivity contribution in [1.29, 1.82) is 0 Å². The Morgan fingerprint density at radius 2 is 1.86 bits per heavy atom. The Morgan fingerprint density at radius 1 is 1.10 bits per heavy atom. The lowest BCUT2D eigenvalue weighted by molar-refractivity contribution is 0.875. The topological polar surface area (TPSA) is 63.8 Å². The third-order valence-corrected chi connectivity index (χ3v) is 3.91. The molecule has 0 fully saturated rings. The third kappa shape index (κ3) is 2.97. The highest BCUT2D eigenvalue weighted by molar-refractivity contribution is 9.10. The molecule has 0 radical (unpaired) electrons. The van der Waals surface area contributed by atoms with E-state index in [2.05, 4.69) is 50.3 Å². The summed E-state index contributed by atoms with van der Waals surface area (Å²) in [6, 6.07) is 14.0. The number of hydrogen-bond acceptors (Lipinski definition) is 4. The van der Waals surface area contributed by atoms with Crippen LogP contribution in [-0.2, 0) is 0 Å². The van der Waals surface area contributed by atoms with E-state index in [1.165, 1.54) is 5.56 Å². The number of hydrogen-bond donors (Lipinski definition) is 2. The molecule has 0 aliphatic heterocycles. The van der Waals surface area contributed by atoms with Crippen molar-refractivity contribution in [2.75, 3.05) is 11.1 Å². The molecule has 0 bridgehead atoms. The molecule has 3 aromatic rings. The van der Waals surface area contributed by atoms with Crippen LogP contribution in [0.25, 0.3) is 10.9 Å². The summed E-state index contributed by atoms with van der Waals surface area (Å²) in [6.45, 7) is 2.11. The number of benzene rings is 2. The van der Waals surface area contributed by atoms with Gasteiger partial charge in [0.25, 0.3) is 0 Å². The van der Waals surface area contributed by atoms with E-state index in [0.29, 0.717) is 5.69 Å². The van der Waals surface area contributed by atoms with Gasteiger partial charge in [-0.1, -0.05) is 28.1 Å². The minimum absolute atomic E-state index is 0.147. The first-order chi connectivity index (χ1) is 10.1. The minimum atomic E-state index is 0.147. The van der Waals surface area contributed by atoms with Gasteiger partial charge in [0.05, 0.1) is 5.52 Å². The second kappa shape index (κ2) is 5.69. The highest BCUT2D eigenvalue weighted by Gasteiger charge is 2.09. The molecule has 2 aromatic carbocycles. The molecule has 0 saturated heterocycles. The molecular formula is C16H15BrN4. The van der Waals surface area contributed by atoms with Gasteiger partial charge in [0.2, 0.25) is 0 Å². The van der Waals surface area contributed by atoms with Crippen molar-refractivity contribution < 1.29 is 0 Å². The fraction of sp³-hybridized carbons (Fsp3) is 0.125. The van der Waals surface area contributed by atoms with E-state index in [9.17, 15) is 0 Å². The molecule has 0 saturated carbocycles. The van der Waals surface area contributed by atoms with Gasteiger partial charge >= 0.3 is 0 Å². The van der Waals surface area contributed by atoms with Crippen LogP contribution in [0.5, 0.6) is 0 Å². The number of nitrogens with zero attached hydrogens (tertiary/aromatic N) is 2. The van der Waals surface area contributed by atoms with Crippen molar-refractivity contribution in [3.8, 4) is 0 Å². The number of halogens is 1. The maximum Gasteiger partial charge on any atom is 0.137 e. The zero-order valence-corrected chi connectivity index (χ0v) is 13.1. The normalized spacial score (nSPS) is 12.3. The van der Waals surface area contributed by atoms with Crippen LogP contribution in [0.4, 0.5) is 11.5 Å². The highest BCUT2D eigenvalue weighted by Crippen LogP contribution is 2.25. The van der Waals surface area contributed by atoms with Crippen LogP contribution < -0.4 is 11.1 Å². The van der Waals surface area contributed by atoms with Crippen molar-refractivity contribution in [2.45, 2.75) is 13.0 Å². The summed E-state index contributed by atoms with van der Waals surface area (Å²) in [5, 5.41) is 4.40. The lowest BCUT2D eigenvalue weighted by Crippen LogP contribution is -2.08. The summed E-state index contributed by atoms with van der Waals surface area (Å²) in [5.41, 5.74) is 8.53. The highest BCUT2D eigenvalue weighted by atomic mass is 79.9. The molecular weight excluding hydrogens is 328 g/mol. The van der Waals surface area contributed by atoms with E-state index in [0.717, 1.165) is 21.2 Å². The van der Waals surface area contributed by atoms with Crippen LogP contribution in [-0.4, -0.2) is 9.97 Å². The first-order valence-electron chi connectivity index (χ1n) is 6.66. The Kier molecular flexibility index (Phi) is 3.75. The van der Waals surface area contributed by atoms with Crippen LogP contribution in [0.3, 0.4) is 0 Å². The van der Waals surface area contributed by atoms with Crippen molar-refractivity contribution >= 4 is 38.3 Å². The predicted molar refractivity (Wildman–Crippen MR) is 90.1 cm³/mol. The van der Waals surface area contributed by atoms with Gasteiger partial charge in [-0.15, -0.1) is 0 Å². The molecule has 3 N–H and O–H groups in total. The average molecular weight is 343 g/mol. The number of nitrogen functional groups attached to an aromatic ring is 1. The molecule has 3 rings (SSSR count). The quantitative estimate of drug-likeness (QED) is 0.702. The molecule has 4 nitrogen and oxygen atoms in total. The summed E-state index contributed by atoms with van der Waals surface area (Å²) < 4.78 is 1.07. The molecule has 1 unspecified atom stereocenters. The van der Waals surface area contributed by atoms with Gasteiger partial charge in [-0.2, -0.15) is 0 Å². The number of rotatable bonds is 3. The van der Waals surface area contributed by atoms with E-state index in [1.807, 2.05) is 30.3 Å². The van der Waals surface area contributed by atoms with Crippen LogP contribution in [0.15, 0.2) is 53.3 Å². The van der Waals surface area contributed by atoms with Crippen LogP contribution in [0, 0.1) is 0 Å². The van der Waals surface area contributed by atoms with E-state index >= 15 is 0 Å².